The number of carbonyl (C=O) groups excluding carboxylic acids is 1. The number of hydrogen-bond acceptors (Lipinski definition) is 1. The van der Waals surface area contributed by atoms with Crippen LogP contribution in [-0.4, -0.2) is 11.4 Å². The van der Waals surface area contributed by atoms with Crippen molar-refractivity contribution in [3.8, 4) is 0 Å². The summed E-state index contributed by atoms with van der Waals surface area (Å²) in [6.45, 7) is 19.5. The summed E-state index contributed by atoms with van der Waals surface area (Å²) in [4.78, 5) is 11.3. The van der Waals surface area contributed by atoms with E-state index in [0.29, 0.717) is 17.8 Å². The van der Waals surface area contributed by atoms with Gasteiger partial charge in [0, 0.05) is 12.5 Å². The highest BCUT2D eigenvalue weighted by atomic mass is 16.1. The van der Waals surface area contributed by atoms with E-state index >= 15 is 0 Å². The monoisotopic (exact) mass is 269 g/mol. The van der Waals surface area contributed by atoms with Crippen molar-refractivity contribution in [2.75, 3.05) is 0 Å². The normalized spacial score (nSPS) is 34.5. The van der Waals surface area contributed by atoms with E-state index < -0.39 is 0 Å². The molecule has 114 valence electrons. The van der Waals surface area contributed by atoms with Gasteiger partial charge in [0.15, 0.2) is 0 Å². The van der Waals surface area contributed by atoms with Gasteiger partial charge in [-0.3, -0.25) is 4.79 Å². The highest BCUT2D eigenvalue weighted by Crippen LogP contribution is 2.49. The van der Waals surface area contributed by atoms with Gasteiger partial charge in [-0.15, -0.1) is 0 Å². The highest BCUT2D eigenvalue weighted by molar-refractivity contribution is 5.73. The molecule has 1 saturated carbocycles. The first-order valence-corrected chi connectivity index (χ1v) is 7.88. The van der Waals surface area contributed by atoms with Gasteiger partial charge in [0.1, 0.15) is 0 Å². The summed E-state index contributed by atoms with van der Waals surface area (Å²) in [5, 5.41) is 3.12. The van der Waals surface area contributed by atoms with Crippen LogP contribution in [0.1, 0.15) is 68.7 Å². The van der Waals surface area contributed by atoms with E-state index in [1.807, 2.05) is 0 Å². The molecule has 0 spiro atoms. The minimum Gasteiger partial charge on any atom is -0.351 e. The van der Waals surface area contributed by atoms with Gasteiger partial charge in [-0.2, -0.15) is 0 Å². The minimum atomic E-state index is -0.0936. The van der Waals surface area contributed by atoms with Crippen molar-refractivity contribution in [1.82, 2.24) is 5.32 Å². The SMILES string of the molecule is CC(=O)NC(C)(C)C1C(C)C(C)C(C)C1C.CCC. The van der Waals surface area contributed by atoms with Gasteiger partial charge in [0.2, 0.25) is 5.91 Å². The lowest BCUT2D eigenvalue weighted by atomic mass is 9.75. The molecule has 0 aromatic carbocycles. The van der Waals surface area contributed by atoms with Gasteiger partial charge in [-0.1, -0.05) is 48.0 Å². The summed E-state index contributed by atoms with van der Waals surface area (Å²) < 4.78 is 0. The maximum Gasteiger partial charge on any atom is 0.217 e. The zero-order valence-electron chi connectivity index (χ0n) is 14.5. The molecule has 1 N–H and O–H groups in total. The first-order valence-electron chi connectivity index (χ1n) is 7.88. The molecule has 0 aliphatic heterocycles. The number of rotatable bonds is 2. The van der Waals surface area contributed by atoms with Crippen LogP contribution in [0.25, 0.3) is 0 Å². The molecule has 0 saturated heterocycles. The van der Waals surface area contributed by atoms with Crippen molar-refractivity contribution < 1.29 is 4.79 Å². The van der Waals surface area contributed by atoms with Crippen LogP contribution in [0.5, 0.6) is 0 Å². The van der Waals surface area contributed by atoms with Crippen LogP contribution in [0.15, 0.2) is 0 Å². The van der Waals surface area contributed by atoms with Crippen molar-refractivity contribution in [2.45, 2.75) is 74.3 Å². The van der Waals surface area contributed by atoms with E-state index in [2.05, 4.69) is 60.7 Å². The molecule has 19 heavy (non-hydrogen) atoms. The fraction of sp³-hybridized carbons (Fsp3) is 0.941. The summed E-state index contributed by atoms with van der Waals surface area (Å²) in [5.74, 6) is 3.48. The van der Waals surface area contributed by atoms with Crippen molar-refractivity contribution in [2.24, 2.45) is 29.6 Å². The average molecular weight is 269 g/mol. The molecule has 1 amide bonds. The van der Waals surface area contributed by atoms with Gasteiger partial charge in [0.25, 0.3) is 0 Å². The van der Waals surface area contributed by atoms with Gasteiger partial charge in [-0.25, -0.2) is 0 Å². The van der Waals surface area contributed by atoms with Crippen molar-refractivity contribution in [3.05, 3.63) is 0 Å². The lowest BCUT2D eigenvalue weighted by Crippen LogP contribution is -2.51. The minimum absolute atomic E-state index is 0.0802. The first-order chi connectivity index (χ1) is 8.60. The lowest BCUT2D eigenvalue weighted by Gasteiger charge is -2.38. The Morgan fingerprint density at radius 2 is 1.26 bits per heavy atom. The second kappa shape index (κ2) is 7.31. The van der Waals surface area contributed by atoms with Crippen molar-refractivity contribution >= 4 is 5.91 Å². The maximum absolute atomic E-state index is 11.3. The molecule has 2 nitrogen and oxygen atoms in total. The second-order valence-electron chi connectivity index (χ2n) is 7.07. The Hall–Kier alpha value is -0.530. The molecular weight excluding hydrogens is 234 g/mol. The quantitative estimate of drug-likeness (QED) is 0.786. The van der Waals surface area contributed by atoms with Crippen LogP contribution in [0.2, 0.25) is 0 Å². The Kier molecular flexibility index (Phi) is 7.10. The number of nitrogens with one attached hydrogen (secondary N) is 1. The van der Waals surface area contributed by atoms with Crippen LogP contribution in [-0.2, 0) is 4.79 Å². The van der Waals surface area contributed by atoms with Gasteiger partial charge < -0.3 is 5.32 Å². The van der Waals surface area contributed by atoms with Crippen LogP contribution >= 0.6 is 0 Å². The van der Waals surface area contributed by atoms with E-state index in [9.17, 15) is 4.79 Å². The average Bonchev–Trinajstić information content (AvgIpc) is 2.43. The lowest BCUT2D eigenvalue weighted by molar-refractivity contribution is -0.121. The molecule has 4 unspecified atom stereocenters. The molecule has 1 aliphatic carbocycles. The Bertz CT molecular complexity index is 271. The number of amides is 1. The first kappa shape index (κ1) is 18.5. The molecule has 0 aromatic heterocycles. The van der Waals surface area contributed by atoms with Gasteiger partial charge in [-0.05, 0) is 43.4 Å². The molecule has 0 heterocycles. The van der Waals surface area contributed by atoms with Gasteiger partial charge in [0.05, 0.1) is 0 Å². The van der Waals surface area contributed by atoms with Crippen LogP contribution in [0.4, 0.5) is 0 Å². The predicted molar refractivity (Wildman–Crippen MR) is 84.0 cm³/mol. The van der Waals surface area contributed by atoms with E-state index in [4.69, 9.17) is 0 Å². The fourth-order valence-electron chi connectivity index (χ4n) is 3.94. The standard InChI is InChI=1S/C14H27NO.C3H8/c1-8-9(2)11(4)13(10(8)3)14(6,7)15-12(5)16;1-3-2/h8-11,13H,1-7H3,(H,15,16);3H2,1-2H3. The van der Waals surface area contributed by atoms with Gasteiger partial charge >= 0.3 is 0 Å². The summed E-state index contributed by atoms with van der Waals surface area (Å²) in [6.07, 6.45) is 1.25. The zero-order chi connectivity index (χ0) is 15.4. The Labute approximate surface area is 120 Å². The smallest absolute Gasteiger partial charge is 0.217 e. The van der Waals surface area contributed by atoms with Crippen molar-refractivity contribution in [1.29, 1.82) is 0 Å². The summed E-state index contributed by atoms with van der Waals surface area (Å²) in [5.41, 5.74) is -0.0936. The Morgan fingerprint density at radius 1 is 0.947 bits per heavy atom. The molecule has 0 aromatic rings. The largest absolute Gasteiger partial charge is 0.351 e. The van der Waals surface area contributed by atoms with E-state index in [-0.39, 0.29) is 11.4 Å². The molecular formula is C17H35NO. The number of hydrogen-bond donors (Lipinski definition) is 1. The van der Waals surface area contributed by atoms with Crippen LogP contribution in [0.3, 0.4) is 0 Å². The summed E-state index contributed by atoms with van der Waals surface area (Å²) >= 11 is 0. The van der Waals surface area contributed by atoms with E-state index in [1.54, 1.807) is 6.92 Å². The second-order valence-corrected chi connectivity index (χ2v) is 7.07. The molecule has 0 bridgehead atoms. The van der Waals surface area contributed by atoms with Crippen molar-refractivity contribution in [3.63, 3.8) is 0 Å². The Morgan fingerprint density at radius 3 is 1.53 bits per heavy atom. The number of carbonyl (C=O) groups is 1. The molecule has 4 atom stereocenters. The molecule has 2 heteroatoms. The predicted octanol–water partition coefficient (Wildman–Crippen LogP) is 4.49. The third-order valence-electron chi connectivity index (χ3n) is 4.95. The topological polar surface area (TPSA) is 29.1 Å². The van der Waals surface area contributed by atoms with Crippen LogP contribution < -0.4 is 5.32 Å². The fourth-order valence-corrected chi connectivity index (χ4v) is 3.94. The maximum atomic E-state index is 11.3. The van der Waals surface area contributed by atoms with E-state index in [0.717, 1.165) is 11.8 Å². The third-order valence-corrected chi connectivity index (χ3v) is 4.95. The summed E-state index contributed by atoms with van der Waals surface area (Å²) in [7, 11) is 0. The summed E-state index contributed by atoms with van der Waals surface area (Å²) in [6, 6.07) is 0. The molecule has 0 radical (unpaired) electrons. The van der Waals surface area contributed by atoms with Crippen LogP contribution in [0, 0.1) is 29.6 Å². The Balaban J connectivity index is 0.000000982. The molecule has 1 aliphatic rings. The third kappa shape index (κ3) is 4.50. The molecule has 1 rings (SSSR count). The molecule has 1 fully saturated rings. The zero-order valence-corrected chi connectivity index (χ0v) is 14.5. The highest BCUT2D eigenvalue weighted by Gasteiger charge is 2.48. The van der Waals surface area contributed by atoms with E-state index in [1.165, 1.54) is 6.42 Å².